The van der Waals surface area contributed by atoms with Crippen LogP contribution >= 0.6 is 23.1 Å². The fraction of sp³-hybridized carbons (Fsp3) is 0.667. The van der Waals surface area contributed by atoms with E-state index in [2.05, 4.69) is 21.9 Å². The van der Waals surface area contributed by atoms with E-state index >= 15 is 0 Å². The monoisotopic (exact) mass is 302 g/mol. The van der Waals surface area contributed by atoms with Gasteiger partial charge < -0.3 is 16.4 Å². The Hall–Kier alpha value is -0.950. The number of nitrogens with zero attached hydrogens (tertiary/aromatic N) is 1. The number of nitrogens with two attached hydrogens (primary N) is 1. The first kappa shape index (κ1) is 16.1. The predicted molar refractivity (Wildman–Crippen MR) is 85.3 cm³/mol. The van der Waals surface area contributed by atoms with E-state index in [1.54, 1.807) is 7.05 Å². The summed E-state index contributed by atoms with van der Waals surface area (Å²) in [6.07, 6.45) is 6.77. The summed E-state index contributed by atoms with van der Waals surface area (Å²) in [7, 11) is 1.76. The van der Waals surface area contributed by atoms with Crippen LogP contribution in [0.5, 0.6) is 0 Å². The fourth-order valence-corrected chi connectivity index (χ4v) is 2.86. The van der Waals surface area contributed by atoms with Crippen LogP contribution in [0.4, 0.5) is 10.9 Å². The molecular weight excluding hydrogens is 280 g/mol. The number of anilines is 2. The Morgan fingerprint density at radius 1 is 1.37 bits per heavy atom. The number of carbonyl (C=O) groups excluding carboxylic acids is 1. The van der Waals surface area contributed by atoms with Crippen LogP contribution in [0.1, 0.15) is 35.4 Å². The third-order valence-electron chi connectivity index (χ3n) is 2.63. The molecule has 0 aliphatic carbocycles. The van der Waals surface area contributed by atoms with Crippen LogP contribution in [0, 0.1) is 0 Å². The van der Waals surface area contributed by atoms with Gasteiger partial charge in [0.1, 0.15) is 10.7 Å². The summed E-state index contributed by atoms with van der Waals surface area (Å²) in [6.45, 7) is 0.699. The number of hydrogen-bond acceptors (Lipinski definition) is 6. The quantitative estimate of drug-likeness (QED) is 0.610. The highest BCUT2D eigenvalue weighted by Crippen LogP contribution is 2.24. The van der Waals surface area contributed by atoms with Crippen molar-refractivity contribution in [2.24, 2.45) is 0 Å². The maximum atomic E-state index is 11.9. The number of carbonyl (C=O) groups is 1. The second-order valence-corrected chi connectivity index (χ2v) is 6.13. The van der Waals surface area contributed by atoms with Crippen LogP contribution in [-0.4, -0.2) is 36.5 Å². The van der Waals surface area contributed by atoms with Crippen molar-refractivity contribution in [1.29, 1.82) is 0 Å². The van der Waals surface area contributed by atoms with Crippen molar-refractivity contribution < 1.29 is 4.79 Å². The Balaban J connectivity index is 2.22. The fourth-order valence-electron chi connectivity index (χ4n) is 1.61. The van der Waals surface area contributed by atoms with Crippen molar-refractivity contribution in [3.63, 3.8) is 0 Å². The third-order valence-corrected chi connectivity index (χ3v) is 4.42. The molecule has 1 aromatic rings. The van der Waals surface area contributed by atoms with E-state index in [1.807, 2.05) is 11.8 Å². The first-order valence-corrected chi connectivity index (χ1v) is 8.61. The molecular formula is C12H22N4OS2. The van der Waals surface area contributed by atoms with Crippen molar-refractivity contribution in [2.45, 2.75) is 25.7 Å². The molecule has 0 aliphatic heterocycles. The lowest BCUT2D eigenvalue weighted by Crippen LogP contribution is -2.24. The van der Waals surface area contributed by atoms with E-state index in [1.165, 1.54) is 29.9 Å². The van der Waals surface area contributed by atoms with Gasteiger partial charge in [-0.1, -0.05) is 24.2 Å². The predicted octanol–water partition coefficient (Wildman–Crippen LogP) is 2.42. The van der Waals surface area contributed by atoms with E-state index in [-0.39, 0.29) is 5.91 Å². The summed E-state index contributed by atoms with van der Waals surface area (Å²) in [5.74, 6) is 1.39. The highest BCUT2D eigenvalue weighted by atomic mass is 32.2. The van der Waals surface area contributed by atoms with Crippen LogP contribution in [0.25, 0.3) is 0 Å². The van der Waals surface area contributed by atoms with Crippen LogP contribution < -0.4 is 16.4 Å². The van der Waals surface area contributed by atoms with Gasteiger partial charge in [-0.25, -0.2) is 4.98 Å². The molecule has 1 rings (SSSR count). The molecule has 0 atom stereocenters. The van der Waals surface area contributed by atoms with Gasteiger partial charge in [-0.3, -0.25) is 4.79 Å². The normalized spacial score (nSPS) is 10.4. The maximum Gasteiger partial charge on any atom is 0.265 e. The highest BCUT2D eigenvalue weighted by molar-refractivity contribution is 7.98. The van der Waals surface area contributed by atoms with Gasteiger partial charge in [-0.2, -0.15) is 11.8 Å². The molecule has 1 amide bonds. The lowest BCUT2D eigenvalue weighted by atomic mass is 10.2. The molecule has 0 spiro atoms. The number of amides is 1. The Morgan fingerprint density at radius 2 is 2.11 bits per heavy atom. The molecule has 19 heavy (non-hydrogen) atoms. The number of unbranched alkanes of at least 4 members (excludes halogenated alkanes) is 3. The number of hydrogen-bond donors (Lipinski definition) is 3. The molecule has 0 saturated heterocycles. The third kappa shape index (κ3) is 5.69. The largest absolute Gasteiger partial charge is 0.382 e. The molecule has 1 heterocycles. The minimum atomic E-state index is -0.124. The lowest BCUT2D eigenvalue weighted by molar-refractivity contribution is 0.0957. The Labute approximate surface area is 122 Å². The van der Waals surface area contributed by atoms with Gasteiger partial charge in [-0.05, 0) is 24.9 Å². The highest BCUT2D eigenvalue weighted by Gasteiger charge is 2.14. The van der Waals surface area contributed by atoms with Gasteiger partial charge in [0.2, 0.25) is 0 Å². The second kappa shape index (κ2) is 9.03. The topological polar surface area (TPSA) is 80.0 Å². The Morgan fingerprint density at radius 3 is 2.74 bits per heavy atom. The SMILES string of the molecule is CNc1nc(N)c(C(=O)NCCCCCCSC)s1. The smallest absolute Gasteiger partial charge is 0.265 e. The van der Waals surface area contributed by atoms with Crippen molar-refractivity contribution in [3.8, 4) is 0 Å². The molecule has 0 aliphatic rings. The molecule has 7 heteroatoms. The molecule has 5 nitrogen and oxygen atoms in total. The second-order valence-electron chi connectivity index (χ2n) is 4.15. The van der Waals surface area contributed by atoms with E-state index < -0.39 is 0 Å². The van der Waals surface area contributed by atoms with E-state index in [0.29, 0.717) is 22.4 Å². The van der Waals surface area contributed by atoms with Crippen molar-refractivity contribution in [2.75, 3.05) is 36.7 Å². The summed E-state index contributed by atoms with van der Waals surface area (Å²) < 4.78 is 0. The van der Waals surface area contributed by atoms with Crippen LogP contribution in [0.2, 0.25) is 0 Å². The number of thioether (sulfide) groups is 1. The van der Waals surface area contributed by atoms with E-state index in [9.17, 15) is 4.79 Å². The van der Waals surface area contributed by atoms with Crippen LogP contribution in [0.3, 0.4) is 0 Å². The van der Waals surface area contributed by atoms with Crippen LogP contribution in [-0.2, 0) is 0 Å². The van der Waals surface area contributed by atoms with Gasteiger partial charge in [0.15, 0.2) is 5.13 Å². The van der Waals surface area contributed by atoms with Gasteiger partial charge in [0.05, 0.1) is 0 Å². The first-order chi connectivity index (χ1) is 9.19. The van der Waals surface area contributed by atoms with Gasteiger partial charge in [-0.15, -0.1) is 0 Å². The number of aromatic nitrogens is 1. The molecule has 1 aromatic heterocycles. The van der Waals surface area contributed by atoms with Crippen LogP contribution in [0.15, 0.2) is 0 Å². The maximum absolute atomic E-state index is 11.9. The Bertz CT molecular complexity index is 395. The molecule has 0 aromatic carbocycles. The zero-order chi connectivity index (χ0) is 14.1. The summed E-state index contributed by atoms with van der Waals surface area (Å²) in [5, 5.41) is 6.44. The summed E-state index contributed by atoms with van der Waals surface area (Å²) in [6, 6.07) is 0. The molecule has 0 saturated carbocycles. The van der Waals surface area contributed by atoms with E-state index in [0.717, 1.165) is 12.8 Å². The van der Waals surface area contributed by atoms with Gasteiger partial charge in [0.25, 0.3) is 5.91 Å². The minimum absolute atomic E-state index is 0.124. The zero-order valence-electron chi connectivity index (χ0n) is 11.5. The number of rotatable bonds is 9. The standard InChI is InChI=1S/C12H22N4OS2/c1-14-12-16-10(13)9(19-12)11(17)15-7-5-3-4-6-8-18-2/h3-8,13H2,1-2H3,(H,14,16)(H,15,17). The zero-order valence-corrected chi connectivity index (χ0v) is 13.1. The molecule has 4 N–H and O–H groups in total. The average Bonchev–Trinajstić information content (AvgIpc) is 2.79. The molecule has 108 valence electrons. The van der Waals surface area contributed by atoms with Gasteiger partial charge >= 0.3 is 0 Å². The summed E-state index contributed by atoms with van der Waals surface area (Å²) in [4.78, 5) is 16.4. The molecule has 0 unspecified atom stereocenters. The average molecular weight is 302 g/mol. The molecule has 0 radical (unpaired) electrons. The van der Waals surface area contributed by atoms with E-state index in [4.69, 9.17) is 5.73 Å². The van der Waals surface area contributed by atoms with Crippen molar-refractivity contribution in [3.05, 3.63) is 4.88 Å². The Kier molecular flexibility index (Phi) is 7.66. The lowest BCUT2D eigenvalue weighted by Gasteiger charge is -2.03. The van der Waals surface area contributed by atoms with Gasteiger partial charge in [0, 0.05) is 13.6 Å². The number of thiazole rings is 1. The summed E-state index contributed by atoms with van der Waals surface area (Å²) in [5.41, 5.74) is 5.70. The summed E-state index contributed by atoms with van der Waals surface area (Å²) >= 11 is 3.16. The van der Waals surface area contributed by atoms with Crippen molar-refractivity contribution >= 4 is 40.0 Å². The first-order valence-electron chi connectivity index (χ1n) is 6.40. The molecule has 0 fully saturated rings. The minimum Gasteiger partial charge on any atom is -0.382 e. The number of nitrogen functional groups attached to an aromatic ring is 1. The number of nitrogens with one attached hydrogen (secondary N) is 2. The molecule has 0 bridgehead atoms. The van der Waals surface area contributed by atoms with Crippen molar-refractivity contribution in [1.82, 2.24) is 10.3 Å².